The number of aromatic nitrogens is 2. The van der Waals surface area contributed by atoms with Gasteiger partial charge in [0.15, 0.2) is 0 Å². The zero-order valence-corrected chi connectivity index (χ0v) is 10.2. The van der Waals surface area contributed by atoms with Gasteiger partial charge >= 0.3 is 0 Å². The Hall–Kier alpha value is -0.430. The minimum atomic E-state index is 0.236. The molecule has 0 spiro atoms. The Kier molecular flexibility index (Phi) is 5.10. The number of halogens is 1. The number of aliphatic hydroxyl groups excluding tert-OH is 1. The number of anilines is 1. The molecule has 1 aromatic rings. The second-order valence-corrected chi connectivity index (χ2v) is 4.38. The predicted molar refractivity (Wildman–Crippen MR) is 64.2 cm³/mol. The van der Waals surface area contributed by atoms with E-state index in [4.69, 9.17) is 5.11 Å². The van der Waals surface area contributed by atoms with Gasteiger partial charge in [0.2, 0.25) is 5.95 Å². The standard InChI is InChI=1S/C9H14IN3O/c1-7(3-2-4-14)13-9-11-5-8(10)6-12-9/h5-7,14H,2-4H2,1H3,(H,11,12,13). The lowest BCUT2D eigenvalue weighted by atomic mass is 10.2. The SMILES string of the molecule is CC(CCCO)Nc1ncc(I)cn1. The molecule has 0 aromatic carbocycles. The topological polar surface area (TPSA) is 58.0 Å². The molecule has 0 bridgehead atoms. The van der Waals surface area contributed by atoms with Gasteiger partial charge in [-0.05, 0) is 42.4 Å². The normalized spacial score (nSPS) is 12.5. The molecule has 0 saturated heterocycles. The van der Waals surface area contributed by atoms with Crippen LogP contribution in [0.3, 0.4) is 0 Å². The van der Waals surface area contributed by atoms with Gasteiger partial charge in [0.1, 0.15) is 0 Å². The highest BCUT2D eigenvalue weighted by Crippen LogP contribution is 2.06. The average molecular weight is 307 g/mol. The maximum Gasteiger partial charge on any atom is 0.222 e. The summed E-state index contributed by atoms with van der Waals surface area (Å²) in [7, 11) is 0. The van der Waals surface area contributed by atoms with Crippen LogP contribution >= 0.6 is 22.6 Å². The van der Waals surface area contributed by atoms with Crippen LogP contribution in [-0.2, 0) is 0 Å². The van der Waals surface area contributed by atoms with Gasteiger partial charge in [0.25, 0.3) is 0 Å². The summed E-state index contributed by atoms with van der Waals surface area (Å²) in [6.07, 6.45) is 5.27. The highest BCUT2D eigenvalue weighted by molar-refractivity contribution is 14.1. The Morgan fingerprint density at radius 2 is 2.14 bits per heavy atom. The molecule has 1 unspecified atom stereocenters. The Bertz CT molecular complexity index is 265. The van der Waals surface area contributed by atoms with Gasteiger partial charge in [-0.3, -0.25) is 0 Å². The minimum Gasteiger partial charge on any atom is -0.396 e. The molecule has 1 rings (SSSR count). The first-order valence-electron chi connectivity index (χ1n) is 4.57. The van der Waals surface area contributed by atoms with E-state index in [0.29, 0.717) is 12.0 Å². The van der Waals surface area contributed by atoms with Crippen molar-refractivity contribution in [2.24, 2.45) is 0 Å². The lowest BCUT2D eigenvalue weighted by Crippen LogP contribution is -2.17. The molecule has 2 N–H and O–H groups in total. The largest absolute Gasteiger partial charge is 0.396 e. The molecule has 4 nitrogen and oxygen atoms in total. The molecule has 0 saturated carbocycles. The highest BCUT2D eigenvalue weighted by atomic mass is 127. The Morgan fingerprint density at radius 1 is 1.50 bits per heavy atom. The summed E-state index contributed by atoms with van der Waals surface area (Å²) >= 11 is 2.17. The second-order valence-electron chi connectivity index (χ2n) is 3.14. The molecule has 0 fully saturated rings. The van der Waals surface area contributed by atoms with Crippen LogP contribution < -0.4 is 5.32 Å². The summed E-state index contributed by atoms with van der Waals surface area (Å²) in [6, 6.07) is 0.294. The van der Waals surface area contributed by atoms with E-state index in [2.05, 4.69) is 44.8 Å². The van der Waals surface area contributed by atoms with Crippen molar-refractivity contribution in [2.45, 2.75) is 25.8 Å². The van der Waals surface area contributed by atoms with Gasteiger partial charge in [-0.15, -0.1) is 0 Å². The van der Waals surface area contributed by atoms with Crippen LogP contribution in [0.5, 0.6) is 0 Å². The van der Waals surface area contributed by atoms with Gasteiger partial charge in [-0.1, -0.05) is 0 Å². The van der Waals surface area contributed by atoms with E-state index in [1.54, 1.807) is 12.4 Å². The van der Waals surface area contributed by atoms with Crippen molar-refractivity contribution < 1.29 is 5.11 Å². The number of hydrogen-bond donors (Lipinski definition) is 2. The average Bonchev–Trinajstić information content (AvgIpc) is 2.18. The summed E-state index contributed by atoms with van der Waals surface area (Å²) in [5.41, 5.74) is 0. The Labute approximate surface area is 97.3 Å². The van der Waals surface area contributed by atoms with E-state index in [-0.39, 0.29) is 6.61 Å². The molecule has 14 heavy (non-hydrogen) atoms. The zero-order valence-electron chi connectivity index (χ0n) is 8.07. The molecule has 0 aliphatic rings. The molecular weight excluding hydrogens is 293 g/mol. The lowest BCUT2D eigenvalue weighted by molar-refractivity contribution is 0.282. The summed E-state index contributed by atoms with van der Waals surface area (Å²) in [5, 5.41) is 11.8. The van der Waals surface area contributed by atoms with E-state index in [1.165, 1.54) is 0 Å². The van der Waals surface area contributed by atoms with Crippen LogP contribution in [-0.4, -0.2) is 27.7 Å². The highest BCUT2D eigenvalue weighted by Gasteiger charge is 2.02. The molecule has 0 aliphatic carbocycles. The van der Waals surface area contributed by atoms with Gasteiger partial charge in [-0.25, -0.2) is 9.97 Å². The summed E-state index contributed by atoms with van der Waals surface area (Å²) in [4.78, 5) is 8.27. The Balaban J connectivity index is 2.39. The third-order valence-electron chi connectivity index (χ3n) is 1.79. The fraction of sp³-hybridized carbons (Fsp3) is 0.556. The molecular formula is C9H14IN3O. The smallest absolute Gasteiger partial charge is 0.222 e. The van der Waals surface area contributed by atoms with Crippen LogP contribution in [0.1, 0.15) is 19.8 Å². The molecule has 1 heterocycles. The summed E-state index contributed by atoms with van der Waals surface area (Å²) < 4.78 is 1.02. The number of nitrogens with zero attached hydrogens (tertiary/aromatic N) is 2. The quantitative estimate of drug-likeness (QED) is 0.812. The number of rotatable bonds is 5. The van der Waals surface area contributed by atoms with Crippen LogP contribution in [0, 0.1) is 3.57 Å². The lowest BCUT2D eigenvalue weighted by Gasteiger charge is -2.12. The number of nitrogens with one attached hydrogen (secondary N) is 1. The monoisotopic (exact) mass is 307 g/mol. The fourth-order valence-corrected chi connectivity index (χ4v) is 1.36. The van der Waals surface area contributed by atoms with Crippen LogP contribution in [0.25, 0.3) is 0 Å². The van der Waals surface area contributed by atoms with Crippen LogP contribution in [0.15, 0.2) is 12.4 Å². The molecule has 0 radical (unpaired) electrons. The first-order valence-corrected chi connectivity index (χ1v) is 5.65. The minimum absolute atomic E-state index is 0.236. The first-order chi connectivity index (χ1) is 6.72. The molecule has 0 aliphatic heterocycles. The number of hydrogen-bond acceptors (Lipinski definition) is 4. The Morgan fingerprint density at radius 3 is 2.71 bits per heavy atom. The molecule has 1 atom stereocenters. The van der Waals surface area contributed by atoms with Crippen molar-refractivity contribution in [1.29, 1.82) is 0 Å². The maximum absolute atomic E-state index is 8.66. The molecule has 5 heteroatoms. The van der Waals surface area contributed by atoms with Crippen molar-refractivity contribution in [3.8, 4) is 0 Å². The third kappa shape index (κ3) is 4.19. The zero-order chi connectivity index (χ0) is 10.4. The molecule has 0 amide bonds. The van der Waals surface area contributed by atoms with Crippen LogP contribution in [0.4, 0.5) is 5.95 Å². The van der Waals surface area contributed by atoms with Gasteiger partial charge in [0.05, 0.1) is 0 Å². The van der Waals surface area contributed by atoms with Crippen molar-refractivity contribution >= 4 is 28.5 Å². The summed E-state index contributed by atoms with van der Waals surface area (Å²) in [6.45, 7) is 2.29. The molecule has 1 aromatic heterocycles. The fourth-order valence-electron chi connectivity index (χ4n) is 1.08. The predicted octanol–water partition coefficient (Wildman–Crippen LogP) is 1.65. The first kappa shape index (κ1) is 11.6. The van der Waals surface area contributed by atoms with E-state index in [0.717, 1.165) is 16.4 Å². The van der Waals surface area contributed by atoms with Gasteiger partial charge < -0.3 is 10.4 Å². The van der Waals surface area contributed by atoms with Crippen molar-refractivity contribution in [3.05, 3.63) is 16.0 Å². The number of aliphatic hydroxyl groups is 1. The van der Waals surface area contributed by atoms with Gasteiger partial charge in [0, 0.05) is 28.6 Å². The van der Waals surface area contributed by atoms with E-state index in [1.807, 2.05) is 0 Å². The van der Waals surface area contributed by atoms with Gasteiger partial charge in [-0.2, -0.15) is 0 Å². The van der Waals surface area contributed by atoms with E-state index < -0.39 is 0 Å². The van der Waals surface area contributed by atoms with E-state index >= 15 is 0 Å². The summed E-state index contributed by atoms with van der Waals surface area (Å²) in [5.74, 6) is 0.649. The second kappa shape index (κ2) is 6.13. The van der Waals surface area contributed by atoms with Crippen molar-refractivity contribution in [1.82, 2.24) is 9.97 Å². The van der Waals surface area contributed by atoms with Crippen molar-refractivity contribution in [2.75, 3.05) is 11.9 Å². The third-order valence-corrected chi connectivity index (χ3v) is 2.35. The molecule has 78 valence electrons. The van der Waals surface area contributed by atoms with Crippen molar-refractivity contribution in [3.63, 3.8) is 0 Å². The van der Waals surface area contributed by atoms with E-state index in [9.17, 15) is 0 Å². The van der Waals surface area contributed by atoms with Crippen LogP contribution in [0.2, 0.25) is 0 Å². The maximum atomic E-state index is 8.66.